The highest BCUT2D eigenvalue weighted by atomic mass is 32.2. The molecule has 0 saturated heterocycles. The van der Waals surface area contributed by atoms with Crippen molar-refractivity contribution in [3.8, 4) is 0 Å². The predicted molar refractivity (Wildman–Crippen MR) is 131 cm³/mol. The van der Waals surface area contributed by atoms with Crippen molar-refractivity contribution in [1.82, 2.24) is 14.6 Å². The maximum atomic E-state index is 13.0. The molecule has 3 heterocycles. The molecule has 32 heavy (non-hydrogen) atoms. The number of pyridine rings is 1. The summed E-state index contributed by atoms with van der Waals surface area (Å²) >= 11 is 2.69. The van der Waals surface area contributed by atoms with Crippen LogP contribution in [0.5, 0.6) is 0 Å². The molecule has 0 bridgehead atoms. The Hall–Kier alpha value is -2.91. The van der Waals surface area contributed by atoms with Crippen LogP contribution in [0, 0.1) is 34.6 Å². The van der Waals surface area contributed by atoms with Gasteiger partial charge in [-0.25, -0.2) is 0 Å². The summed E-state index contributed by atoms with van der Waals surface area (Å²) in [7, 11) is 0. The number of nitrogens with two attached hydrogens (primary N) is 1. The largest absolute Gasteiger partial charge is 0.365 e. The lowest BCUT2D eigenvalue weighted by molar-refractivity contribution is -0.115. The number of benzene rings is 1. The molecule has 166 valence electrons. The first-order chi connectivity index (χ1) is 15.1. The zero-order valence-corrected chi connectivity index (χ0v) is 20.5. The van der Waals surface area contributed by atoms with Crippen molar-refractivity contribution in [1.29, 1.82) is 0 Å². The second kappa shape index (κ2) is 8.22. The van der Waals surface area contributed by atoms with E-state index in [9.17, 15) is 9.59 Å². The number of nitrogens with zero attached hydrogens (tertiary/aromatic N) is 3. The van der Waals surface area contributed by atoms with Gasteiger partial charge in [0.05, 0.1) is 16.3 Å². The summed E-state index contributed by atoms with van der Waals surface area (Å²) in [5.74, 6) is -0.766. The van der Waals surface area contributed by atoms with Crippen LogP contribution in [0.4, 0.5) is 5.00 Å². The monoisotopic (exact) mass is 467 g/mol. The molecule has 2 amide bonds. The molecule has 0 spiro atoms. The fourth-order valence-corrected chi connectivity index (χ4v) is 5.86. The van der Waals surface area contributed by atoms with Gasteiger partial charge in [0.25, 0.3) is 5.91 Å². The number of aromatic nitrogens is 3. The summed E-state index contributed by atoms with van der Waals surface area (Å²) in [6, 6.07) is 6.31. The SMILES string of the molecule is Cc1cc(C)c2c(c1)c(C)cc1nnc(SC(C)C(=O)Nc3sc(C)c(C)c3C(N)=O)n12. The van der Waals surface area contributed by atoms with E-state index in [1.165, 1.54) is 28.7 Å². The third-order valence-corrected chi connectivity index (χ3v) is 7.78. The van der Waals surface area contributed by atoms with Crippen molar-refractivity contribution in [2.24, 2.45) is 5.73 Å². The Labute approximate surface area is 194 Å². The zero-order valence-electron chi connectivity index (χ0n) is 18.9. The average Bonchev–Trinajstić information content (AvgIpc) is 3.21. The Morgan fingerprint density at radius 2 is 1.81 bits per heavy atom. The summed E-state index contributed by atoms with van der Waals surface area (Å²) in [5, 5.41) is 13.4. The highest BCUT2D eigenvalue weighted by molar-refractivity contribution is 8.00. The quantitative estimate of drug-likeness (QED) is 0.414. The van der Waals surface area contributed by atoms with Crippen LogP contribution >= 0.6 is 23.1 Å². The molecule has 4 aromatic rings. The number of carbonyl (C=O) groups is 2. The first-order valence-corrected chi connectivity index (χ1v) is 11.9. The molecule has 3 aromatic heterocycles. The molecule has 0 saturated carbocycles. The van der Waals surface area contributed by atoms with Gasteiger partial charge in [-0.1, -0.05) is 23.4 Å². The van der Waals surface area contributed by atoms with Gasteiger partial charge in [0.2, 0.25) is 5.91 Å². The number of primary amides is 1. The Balaban J connectivity index is 1.68. The summed E-state index contributed by atoms with van der Waals surface area (Å²) in [6.07, 6.45) is 0. The second-order valence-corrected chi connectivity index (χ2v) is 10.6. The van der Waals surface area contributed by atoms with Gasteiger partial charge in [0.1, 0.15) is 5.00 Å². The Bertz CT molecular complexity index is 1400. The molecule has 0 fully saturated rings. The number of anilines is 1. The normalized spacial score (nSPS) is 12.4. The highest BCUT2D eigenvalue weighted by Gasteiger charge is 2.24. The van der Waals surface area contributed by atoms with Crippen molar-refractivity contribution in [3.63, 3.8) is 0 Å². The van der Waals surface area contributed by atoms with Crippen molar-refractivity contribution < 1.29 is 9.59 Å². The van der Waals surface area contributed by atoms with Crippen LogP contribution in [-0.4, -0.2) is 31.7 Å². The molecule has 1 aromatic carbocycles. The van der Waals surface area contributed by atoms with E-state index in [0.29, 0.717) is 15.7 Å². The van der Waals surface area contributed by atoms with E-state index in [1.54, 1.807) is 0 Å². The van der Waals surface area contributed by atoms with Crippen LogP contribution < -0.4 is 11.1 Å². The summed E-state index contributed by atoms with van der Waals surface area (Å²) < 4.78 is 2.01. The number of aryl methyl sites for hydroxylation is 4. The van der Waals surface area contributed by atoms with Crippen LogP contribution in [0.2, 0.25) is 0 Å². The lowest BCUT2D eigenvalue weighted by atomic mass is 10.0. The maximum Gasteiger partial charge on any atom is 0.251 e. The van der Waals surface area contributed by atoms with Gasteiger partial charge < -0.3 is 11.1 Å². The van der Waals surface area contributed by atoms with Gasteiger partial charge in [-0.2, -0.15) is 0 Å². The smallest absolute Gasteiger partial charge is 0.251 e. The summed E-state index contributed by atoms with van der Waals surface area (Å²) in [6.45, 7) is 11.8. The number of hydrogen-bond acceptors (Lipinski definition) is 6. The van der Waals surface area contributed by atoms with Crippen LogP contribution in [0.1, 0.15) is 44.4 Å². The molecule has 4 rings (SSSR count). The molecule has 0 aliphatic rings. The summed E-state index contributed by atoms with van der Waals surface area (Å²) in [5.41, 5.74) is 12.0. The molecule has 9 heteroatoms. The number of carbonyl (C=O) groups excluding carboxylic acids is 2. The topological polar surface area (TPSA) is 102 Å². The highest BCUT2D eigenvalue weighted by Crippen LogP contribution is 2.34. The molecular formula is C23H25N5O2S2. The van der Waals surface area contributed by atoms with Gasteiger partial charge >= 0.3 is 0 Å². The first kappa shape index (κ1) is 22.3. The number of nitrogens with one attached hydrogen (secondary N) is 1. The van der Waals surface area contributed by atoms with Crippen molar-refractivity contribution in [2.45, 2.75) is 51.9 Å². The number of fused-ring (bicyclic) bond motifs is 3. The van der Waals surface area contributed by atoms with Crippen LogP contribution in [0.15, 0.2) is 23.4 Å². The lowest BCUT2D eigenvalue weighted by Gasteiger charge is -2.14. The maximum absolute atomic E-state index is 13.0. The van der Waals surface area contributed by atoms with E-state index >= 15 is 0 Å². The van der Waals surface area contributed by atoms with E-state index in [0.717, 1.165) is 38.1 Å². The molecule has 0 aliphatic carbocycles. The minimum atomic E-state index is -0.543. The minimum Gasteiger partial charge on any atom is -0.365 e. The van der Waals surface area contributed by atoms with Gasteiger partial charge in [-0.15, -0.1) is 21.5 Å². The molecular weight excluding hydrogens is 442 g/mol. The van der Waals surface area contributed by atoms with Gasteiger partial charge in [-0.05, 0) is 70.4 Å². The van der Waals surface area contributed by atoms with Crippen molar-refractivity contribution in [3.05, 3.63) is 50.9 Å². The molecule has 1 atom stereocenters. The van der Waals surface area contributed by atoms with Crippen LogP contribution in [0.25, 0.3) is 16.6 Å². The van der Waals surface area contributed by atoms with Gasteiger partial charge in [-0.3, -0.25) is 14.0 Å². The standard InChI is InChI=1S/C23H25N5O2S2/c1-10-7-12(3)19-16(8-10)11(2)9-17-26-27-23(28(17)19)32-15(6)21(30)25-22-18(20(24)29)13(4)14(5)31-22/h7-9,15H,1-6H3,(H2,24,29)(H,25,30). The number of hydrogen-bond donors (Lipinski definition) is 2. The number of thioether (sulfide) groups is 1. The van der Waals surface area contributed by atoms with Gasteiger partial charge in [0, 0.05) is 10.3 Å². The molecule has 0 radical (unpaired) electrons. The third kappa shape index (κ3) is 3.75. The van der Waals surface area contributed by atoms with Crippen LogP contribution in [0.3, 0.4) is 0 Å². The molecule has 3 N–H and O–H groups in total. The predicted octanol–water partition coefficient (Wildman–Crippen LogP) is 4.70. The first-order valence-electron chi connectivity index (χ1n) is 10.2. The molecule has 0 aliphatic heterocycles. The Morgan fingerprint density at radius 1 is 1.09 bits per heavy atom. The molecule has 7 nitrogen and oxygen atoms in total. The van der Waals surface area contributed by atoms with Crippen molar-refractivity contribution in [2.75, 3.05) is 5.32 Å². The zero-order chi connectivity index (χ0) is 23.3. The lowest BCUT2D eigenvalue weighted by Crippen LogP contribution is -2.24. The minimum absolute atomic E-state index is 0.223. The van der Waals surface area contributed by atoms with E-state index in [4.69, 9.17) is 5.73 Å². The van der Waals surface area contributed by atoms with Crippen molar-refractivity contribution >= 4 is 56.5 Å². The van der Waals surface area contributed by atoms with E-state index in [2.05, 4.69) is 48.4 Å². The van der Waals surface area contributed by atoms with Gasteiger partial charge in [0.15, 0.2) is 10.8 Å². The number of rotatable bonds is 5. The van der Waals surface area contributed by atoms with E-state index in [-0.39, 0.29) is 5.91 Å². The fraction of sp³-hybridized carbons (Fsp3) is 0.304. The number of thiophene rings is 1. The van der Waals surface area contributed by atoms with E-state index < -0.39 is 11.2 Å². The Morgan fingerprint density at radius 3 is 2.50 bits per heavy atom. The Kier molecular flexibility index (Phi) is 5.72. The van der Waals surface area contributed by atoms with Crippen LogP contribution in [-0.2, 0) is 4.79 Å². The van der Waals surface area contributed by atoms with E-state index in [1.807, 2.05) is 31.2 Å². The fourth-order valence-electron chi connectivity index (χ4n) is 3.93. The second-order valence-electron chi connectivity index (χ2n) is 8.08. The average molecular weight is 468 g/mol. The third-order valence-electron chi connectivity index (χ3n) is 5.62. The summed E-state index contributed by atoms with van der Waals surface area (Å²) in [4.78, 5) is 25.8. The molecule has 1 unspecified atom stereocenters. The number of amides is 2.